The van der Waals surface area contributed by atoms with Gasteiger partial charge in [-0.3, -0.25) is 25.4 Å². The third kappa shape index (κ3) is 4.44. The zero-order valence-corrected chi connectivity index (χ0v) is 13.9. The predicted molar refractivity (Wildman–Crippen MR) is 91.2 cm³/mol. The number of furan rings is 1. The van der Waals surface area contributed by atoms with E-state index in [1.54, 1.807) is 13.0 Å². The zero-order chi connectivity index (χ0) is 18.4. The first-order valence-corrected chi connectivity index (χ1v) is 7.78. The molecule has 2 N–H and O–H groups in total. The van der Waals surface area contributed by atoms with Crippen LogP contribution >= 0.6 is 0 Å². The Morgan fingerprint density at radius 1 is 1.00 bits per heavy atom. The quantitative estimate of drug-likeness (QED) is 0.681. The van der Waals surface area contributed by atoms with Crippen molar-refractivity contribution in [3.8, 4) is 5.75 Å². The highest BCUT2D eigenvalue weighted by atomic mass is 16.5. The molecule has 2 amide bonds. The van der Waals surface area contributed by atoms with E-state index < -0.39 is 11.8 Å². The van der Waals surface area contributed by atoms with Gasteiger partial charge >= 0.3 is 5.91 Å². The Morgan fingerprint density at radius 3 is 2.50 bits per heavy atom. The molecule has 1 aromatic carbocycles. The van der Waals surface area contributed by atoms with Crippen molar-refractivity contribution in [3.63, 3.8) is 0 Å². The van der Waals surface area contributed by atoms with Gasteiger partial charge in [-0.25, -0.2) is 4.98 Å². The average Bonchev–Trinajstić information content (AvgIpc) is 3.15. The van der Waals surface area contributed by atoms with E-state index in [2.05, 4.69) is 20.8 Å². The second-order valence-corrected chi connectivity index (χ2v) is 5.32. The molecule has 0 unspecified atom stereocenters. The van der Waals surface area contributed by atoms with Crippen LogP contribution in [-0.4, -0.2) is 21.8 Å². The molecule has 0 radical (unpaired) electrons. The average molecular weight is 352 g/mol. The SMILES string of the molecule is Cc1cnc(C(=O)NNC(=O)c2ccc(COc3ccccc3)o2)cn1. The van der Waals surface area contributed by atoms with Gasteiger partial charge in [0.05, 0.1) is 11.9 Å². The summed E-state index contributed by atoms with van der Waals surface area (Å²) in [4.78, 5) is 31.8. The third-order valence-corrected chi connectivity index (χ3v) is 3.31. The van der Waals surface area contributed by atoms with Gasteiger partial charge in [0.15, 0.2) is 5.76 Å². The van der Waals surface area contributed by atoms with Crippen molar-refractivity contribution in [2.75, 3.05) is 0 Å². The van der Waals surface area contributed by atoms with Gasteiger partial charge < -0.3 is 9.15 Å². The Hall–Kier alpha value is -3.68. The summed E-state index contributed by atoms with van der Waals surface area (Å²) < 4.78 is 10.9. The monoisotopic (exact) mass is 352 g/mol. The maximum absolute atomic E-state index is 12.0. The molecule has 2 aromatic heterocycles. The molecule has 8 heteroatoms. The number of hydrogen-bond donors (Lipinski definition) is 2. The van der Waals surface area contributed by atoms with Crippen LogP contribution in [0.2, 0.25) is 0 Å². The lowest BCUT2D eigenvalue weighted by Gasteiger charge is -2.05. The minimum Gasteiger partial charge on any atom is -0.486 e. The standard InChI is InChI=1S/C18H16N4O4/c1-12-9-20-15(10-19-12)17(23)21-22-18(24)16-8-7-14(26-16)11-25-13-5-3-2-4-6-13/h2-10H,11H2,1H3,(H,21,23)(H,22,24). The number of aromatic nitrogens is 2. The smallest absolute Gasteiger partial charge is 0.305 e. The second kappa shape index (κ2) is 7.93. The van der Waals surface area contributed by atoms with Gasteiger partial charge in [0.25, 0.3) is 5.91 Å². The Bertz CT molecular complexity index is 891. The van der Waals surface area contributed by atoms with Crippen molar-refractivity contribution in [2.24, 2.45) is 0 Å². The Labute approximate surface area is 149 Å². The van der Waals surface area contributed by atoms with E-state index in [9.17, 15) is 9.59 Å². The first-order valence-electron chi connectivity index (χ1n) is 7.78. The van der Waals surface area contributed by atoms with Crippen LogP contribution < -0.4 is 15.6 Å². The second-order valence-electron chi connectivity index (χ2n) is 5.32. The van der Waals surface area contributed by atoms with E-state index in [1.165, 1.54) is 18.5 Å². The first kappa shape index (κ1) is 17.2. The number of benzene rings is 1. The lowest BCUT2D eigenvalue weighted by Crippen LogP contribution is -2.41. The number of carbonyl (C=O) groups excluding carboxylic acids is 2. The van der Waals surface area contributed by atoms with Crippen LogP contribution in [0.15, 0.2) is 59.3 Å². The normalized spacial score (nSPS) is 10.2. The van der Waals surface area contributed by atoms with Gasteiger partial charge in [0.2, 0.25) is 0 Å². The van der Waals surface area contributed by atoms with Crippen LogP contribution in [0.4, 0.5) is 0 Å². The van der Waals surface area contributed by atoms with Gasteiger partial charge in [-0.05, 0) is 31.2 Å². The number of hydrazine groups is 1. The van der Waals surface area contributed by atoms with Crippen molar-refractivity contribution >= 4 is 11.8 Å². The van der Waals surface area contributed by atoms with Gasteiger partial charge in [-0.1, -0.05) is 18.2 Å². The molecule has 0 aliphatic carbocycles. The molecule has 0 saturated heterocycles. The van der Waals surface area contributed by atoms with Gasteiger partial charge in [0, 0.05) is 6.20 Å². The molecular weight excluding hydrogens is 336 g/mol. The number of nitrogens with one attached hydrogen (secondary N) is 2. The molecule has 0 aliphatic rings. The van der Waals surface area contributed by atoms with Crippen molar-refractivity contribution in [2.45, 2.75) is 13.5 Å². The highest BCUT2D eigenvalue weighted by Crippen LogP contribution is 2.13. The number of carbonyl (C=O) groups is 2. The van der Waals surface area contributed by atoms with Crippen LogP contribution in [0, 0.1) is 6.92 Å². The fourth-order valence-corrected chi connectivity index (χ4v) is 2.00. The summed E-state index contributed by atoms with van der Waals surface area (Å²) in [6.07, 6.45) is 2.78. The molecule has 0 spiro atoms. The molecule has 0 bridgehead atoms. The number of ether oxygens (including phenoxy) is 1. The van der Waals surface area contributed by atoms with Crippen molar-refractivity contribution in [1.29, 1.82) is 0 Å². The van der Waals surface area contributed by atoms with Crippen LogP contribution in [0.5, 0.6) is 5.75 Å². The molecular formula is C18H16N4O4. The minimum atomic E-state index is -0.593. The summed E-state index contributed by atoms with van der Waals surface area (Å²) >= 11 is 0. The summed E-state index contributed by atoms with van der Waals surface area (Å²) in [5.74, 6) is 0.0532. The molecule has 0 fully saturated rings. The van der Waals surface area contributed by atoms with Crippen LogP contribution in [0.1, 0.15) is 32.5 Å². The summed E-state index contributed by atoms with van der Waals surface area (Å²) in [6, 6.07) is 12.4. The number of amides is 2. The first-order chi connectivity index (χ1) is 12.6. The van der Waals surface area contributed by atoms with Crippen LogP contribution in [0.25, 0.3) is 0 Å². The maximum Gasteiger partial charge on any atom is 0.305 e. The summed E-state index contributed by atoms with van der Waals surface area (Å²) in [5, 5.41) is 0. The van der Waals surface area contributed by atoms with E-state index in [1.807, 2.05) is 30.3 Å². The van der Waals surface area contributed by atoms with E-state index in [0.717, 1.165) is 0 Å². The van der Waals surface area contributed by atoms with Crippen LogP contribution in [0.3, 0.4) is 0 Å². The number of hydrogen-bond acceptors (Lipinski definition) is 6. The zero-order valence-electron chi connectivity index (χ0n) is 13.9. The molecule has 0 aliphatic heterocycles. The maximum atomic E-state index is 12.0. The highest BCUT2D eigenvalue weighted by Gasteiger charge is 2.14. The lowest BCUT2D eigenvalue weighted by atomic mass is 10.3. The van der Waals surface area contributed by atoms with Crippen molar-refractivity contribution in [1.82, 2.24) is 20.8 Å². The fourth-order valence-electron chi connectivity index (χ4n) is 2.00. The largest absolute Gasteiger partial charge is 0.486 e. The Morgan fingerprint density at radius 2 is 1.77 bits per heavy atom. The number of rotatable bonds is 5. The molecule has 0 saturated carbocycles. The van der Waals surface area contributed by atoms with E-state index in [-0.39, 0.29) is 18.1 Å². The highest BCUT2D eigenvalue weighted by molar-refractivity contribution is 5.96. The van der Waals surface area contributed by atoms with Crippen molar-refractivity contribution in [3.05, 3.63) is 77.8 Å². The van der Waals surface area contributed by atoms with Gasteiger partial charge in [-0.15, -0.1) is 0 Å². The topological polar surface area (TPSA) is 106 Å². The molecule has 132 valence electrons. The molecule has 3 aromatic rings. The van der Waals surface area contributed by atoms with E-state index in [0.29, 0.717) is 17.2 Å². The Balaban J connectivity index is 1.51. The van der Waals surface area contributed by atoms with Gasteiger partial charge in [-0.2, -0.15) is 0 Å². The molecule has 2 heterocycles. The van der Waals surface area contributed by atoms with E-state index >= 15 is 0 Å². The summed E-state index contributed by atoms with van der Waals surface area (Å²) in [7, 11) is 0. The number of para-hydroxylation sites is 1. The molecule has 0 atom stereocenters. The van der Waals surface area contributed by atoms with E-state index in [4.69, 9.17) is 9.15 Å². The Kier molecular flexibility index (Phi) is 5.23. The van der Waals surface area contributed by atoms with Crippen LogP contribution in [-0.2, 0) is 6.61 Å². The molecule has 8 nitrogen and oxygen atoms in total. The molecule has 26 heavy (non-hydrogen) atoms. The number of aryl methyl sites for hydroxylation is 1. The summed E-state index contributed by atoms with van der Waals surface area (Å²) in [6.45, 7) is 1.94. The third-order valence-electron chi connectivity index (χ3n) is 3.31. The van der Waals surface area contributed by atoms with Crippen molar-refractivity contribution < 1.29 is 18.7 Å². The fraction of sp³-hybridized carbons (Fsp3) is 0.111. The summed E-state index contributed by atoms with van der Waals surface area (Å²) in [5.41, 5.74) is 5.29. The van der Waals surface area contributed by atoms with Gasteiger partial charge in [0.1, 0.15) is 23.8 Å². The minimum absolute atomic E-state index is 0.0481. The predicted octanol–water partition coefficient (Wildman–Crippen LogP) is 2.03. The lowest BCUT2D eigenvalue weighted by molar-refractivity contribution is 0.0826. The molecule has 3 rings (SSSR count). The number of nitrogens with zero attached hydrogens (tertiary/aromatic N) is 2.